The second-order valence-electron chi connectivity index (χ2n) is 3.89. The highest BCUT2D eigenvalue weighted by Crippen LogP contribution is 2.33. The van der Waals surface area contributed by atoms with Gasteiger partial charge in [-0.3, -0.25) is 4.79 Å². The standard InChI is InChI=1S/C13H16FNO3/c1-3-13(12(17)18,15(4-2)9-16)10-7-5-6-8-11(10)14/h5-9H,3-4H2,1-2H3,(H,17,18). The molecule has 1 amide bonds. The van der Waals surface area contributed by atoms with E-state index in [1.807, 2.05) is 0 Å². The van der Waals surface area contributed by atoms with Crippen molar-refractivity contribution in [2.45, 2.75) is 25.8 Å². The predicted molar refractivity (Wildman–Crippen MR) is 64.4 cm³/mol. The molecule has 0 heterocycles. The molecule has 0 aliphatic rings. The van der Waals surface area contributed by atoms with Crippen molar-refractivity contribution in [3.63, 3.8) is 0 Å². The summed E-state index contributed by atoms with van der Waals surface area (Å²) in [6, 6.07) is 5.64. The zero-order valence-electron chi connectivity index (χ0n) is 10.4. The minimum Gasteiger partial charge on any atom is -0.479 e. The zero-order chi connectivity index (χ0) is 13.8. The first-order valence-electron chi connectivity index (χ1n) is 5.75. The van der Waals surface area contributed by atoms with Crippen molar-refractivity contribution in [1.82, 2.24) is 4.90 Å². The van der Waals surface area contributed by atoms with Crippen molar-refractivity contribution >= 4 is 12.4 Å². The van der Waals surface area contributed by atoms with Gasteiger partial charge >= 0.3 is 5.97 Å². The minimum atomic E-state index is -1.65. The molecular formula is C13H16FNO3. The smallest absolute Gasteiger partial charge is 0.334 e. The summed E-state index contributed by atoms with van der Waals surface area (Å²) in [5, 5.41) is 9.47. The topological polar surface area (TPSA) is 57.6 Å². The van der Waals surface area contributed by atoms with Crippen LogP contribution in [-0.2, 0) is 15.1 Å². The van der Waals surface area contributed by atoms with Crippen LogP contribution in [0.25, 0.3) is 0 Å². The van der Waals surface area contributed by atoms with E-state index in [0.29, 0.717) is 6.41 Å². The zero-order valence-corrected chi connectivity index (χ0v) is 10.4. The first kappa shape index (κ1) is 14.2. The fraction of sp³-hybridized carbons (Fsp3) is 0.385. The molecule has 1 unspecified atom stereocenters. The highest BCUT2D eigenvalue weighted by Gasteiger charge is 2.45. The maximum Gasteiger partial charge on any atom is 0.334 e. The van der Waals surface area contributed by atoms with Gasteiger partial charge in [0.05, 0.1) is 0 Å². The van der Waals surface area contributed by atoms with E-state index in [1.165, 1.54) is 18.2 Å². The molecule has 0 saturated carbocycles. The number of carboxylic acid groups (broad SMARTS) is 1. The predicted octanol–water partition coefficient (Wildman–Crippen LogP) is 1.99. The van der Waals surface area contributed by atoms with Crippen molar-refractivity contribution in [1.29, 1.82) is 0 Å². The molecule has 1 atom stereocenters. The Bertz CT molecular complexity index is 450. The molecule has 0 saturated heterocycles. The second-order valence-corrected chi connectivity index (χ2v) is 3.89. The fourth-order valence-corrected chi connectivity index (χ4v) is 2.17. The number of aliphatic carboxylic acids is 1. The molecule has 18 heavy (non-hydrogen) atoms. The molecule has 0 spiro atoms. The SMILES string of the molecule is CCN(C=O)C(CC)(C(=O)O)c1ccccc1F. The average molecular weight is 253 g/mol. The molecule has 4 nitrogen and oxygen atoms in total. The molecule has 0 radical (unpaired) electrons. The summed E-state index contributed by atoms with van der Waals surface area (Å²) in [7, 11) is 0. The first-order chi connectivity index (χ1) is 8.54. The quantitative estimate of drug-likeness (QED) is 0.789. The molecule has 0 aliphatic heterocycles. The normalized spacial score (nSPS) is 13.7. The molecule has 5 heteroatoms. The number of benzene rings is 1. The van der Waals surface area contributed by atoms with E-state index in [2.05, 4.69) is 0 Å². The summed E-state index contributed by atoms with van der Waals surface area (Å²) in [4.78, 5) is 23.8. The lowest BCUT2D eigenvalue weighted by atomic mass is 9.85. The Labute approximate surface area is 105 Å². The largest absolute Gasteiger partial charge is 0.479 e. The van der Waals surface area contributed by atoms with Crippen LogP contribution in [0, 0.1) is 5.82 Å². The Kier molecular flexibility index (Phi) is 4.42. The average Bonchev–Trinajstić information content (AvgIpc) is 2.36. The fourth-order valence-electron chi connectivity index (χ4n) is 2.17. The van der Waals surface area contributed by atoms with Gasteiger partial charge in [0.15, 0.2) is 5.54 Å². The molecular weight excluding hydrogens is 237 g/mol. The van der Waals surface area contributed by atoms with E-state index in [1.54, 1.807) is 19.9 Å². The third kappa shape index (κ3) is 2.08. The summed E-state index contributed by atoms with van der Waals surface area (Å²) >= 11 is 0. The highest BCUT2D eigenvalue weighted by atomic mass is 19.1. The van der Waals surface area contributed by atoms with E-state index >= 15 is 0 Å². The Morgan fingerprint density at radius 1 is 1.44 bits per heavy atom. The highest BCUT2D eigenvalue weighted by molar-refractivity contribution is 5.83. The Morgan fingerprint density at radius 3 is 2.44 bits per heavy atom. The number of halogens is 1. The molecule has 0 fully saturated rings. The van der Waals surface area contributed by atoms with E-state index < -0.39 is 17.3 Å². The molecule has 1 aromatic rings. The van der Waals surface area contributed by atoms with E-state index in [9.17, 15) is 19.1 Å². The van der Waals surface area contributed by atoms with Gasteiger partial charge in [-0.15, -0.1) is 0 Å². The summed E-state index contributed by atoms with van der Waals surface area (Å²) in [6.45, 7) is 3.47. The number of likely N-dealkylation sites (N-methyl/N-ethyl adjacent to an activating group) is 1. The molecule has 1 N–H and O–H groups in total. The van der Waals surface area contributed by atoms with Gasteiger partial charge in [-0.05, 0) is 19.4 Å². The number of carboxylic acids is 1. The van der Waals surface area contributed by atoms with Crippen LogP contribution in [0.4, 0.5) is 4.39 Å². The van der Waals surface area contributed by atoms with Gasteiger partial charge in [0.2, 0.25) is 6.41 Å². The number of hydrogen-bond donors (Lipinski definition) is 1. The summed E-state index contributed by atoms with van der Waals surface area (Å²) < 4.78 is 13.9. The van der Waals surface area contributed by atoms with Crippen LogP contribution < -0.4 is 0 Å². The first-order valence-corrected chi connectivity index (χ1v) is 5.75. The van der Waals surface area contributed by atoms with Crippen molar-refractivity contribution in [2.24, 2.45) is 0 Å². The molecule has 1 aromatic carbocycles. The van der Waals surface area contributed by atoms with Crippen LogP contribution in [-0.4, -0.2) is 28.9 Å². The van der Waals surface area contributed by atoms with Crippen molar-refractivity contribution in [3.8, 4) is 0 Å². The van der Waals surface area contributed by atoms with Crippen LogP contribution in [0.5, 0.6) is 0 Å². The number of carbonyl (C=O) groups is 2. The van der Waals surface area contributed by atoms with Gasteiger partial charge in [0, 0.05) is 12.1 Å². The monoisotopic (exact) mass is 253 g/mol. The molecule has 0 aromatic heterocycles. The van der Waals surface area contributed by atoms with Crippen LogP contribution in [0.3, 0.4) is 0 Å². The van der Waals surface area contributed by atoms with Gasteiger partial charge < -0.3 is 10.0 Å². The Morgan fingerprint density at radius 2 is 2.06 bits per heavy atom. The van der Waals surface area contributed by atoms with Gasteiger partial charge in [0.25, 0.3) is 0 Å². The Hall–Kier alpha value is -1.91. The number of rotatable bonds is 6. The molecule has 98 valence electrons. The van der Waals surface area contributed by atoms with E-state index in [-0.39, 0.29) is 18.5 Å². The van der Waals surface area contributed by atoms with Crippen LogP contribution >= 0.6 is 0 Å². The summed E-state index contributed by atoms with van der Waals surface area (Å²) in [5.74, 6) is -1.86. The maximum atomic E-state index is 13.9. The maximum absolute atomic E-state index is 13.9. The summed E-state index contributed by atoms with van der Waals surface area (Å²) in [6.07, 6.45) is 0.542. The number of hydrogen-bond acceptors (Lipinski definition) is 2. The Balaban J connectivity index is 3.50. The second kappa shape index (κ2) is 5.62. The lowest BCUT2D eigenvalue weighted by Crippen LogP contribution is -2.51. The van der Waals surface area contributed by atoms with Crippen molar-refractivity contribution in [2.75, 3.05) is 6.54 Å². The van der Waals surface area contributed by atoms with Gasteiger partial charge in [0.1, 0.15) is 5.82 Å². The van der Waals surface area contributed by atoms with Gasteiger partial charge in [-0.25, -0.2) is 9.18 Å². The van der Waals surface area contributed by atoms with Gasteiger partial charge in [-0.1, -0.05) is 25.1 Å². The number of nitrogens with zero attached hydrogens (tertiary/aromatic N) is 1. The van der Waals surface area contributed by atoms with Gasteiger partial charge in [-0.2, -0.15) is 0 Å². The van der Waals surface area contributed by atoms with E-state index in [4.69, 9.17) is 0 Å². The molecule has 0 bridgehead atoms. The minimum absolute atomic E-state index is 0.00829. The lowest BCUT2D eigenvalue weighted by molar-refractivity contribution is -0.156. The van der Waals surface area contributed by atoms with Crippen LogP contribution in [0.1, 0.15) is 25.8 Å². The van der Waals surface area contributed by atoms with Crippen molar-refractivity contribution in [3.05, 3.63) is 35.6 Å². The van der Waals surface area contributed by atoms with Crippen LogP contribution in [0.2, 0.25) is 0 Å². The number of carbonyl (C=O) groups excluding carboxylic acids is 1. The van der Waals surface area contributed by atoms with Crippen LogP contribution in [0.15, 0.2) is 24.3 Å². The van der Waals surface area contributed by atoms with E-state index in [0.717, 1.165) is 4.90 Å². The third-order valence-electron chi connectivity index (χ3n) is 3.14. The molecule has 0 aliphatic carbocycles. The lowest BCUT2D eigenvalue weighted by Gasteiger charge is -2.37. The molecule has 1 rings (SSSR count). The van der Waals surface area contributed by atoms with Crippen molar-refractivity contribution < 1.29 is 19.1 Å². The summed E-state index contributed by atoms with van der Waals surface area (Å²) in [5.41, 5.74) is -1.64. The number of amides is 1. The third-order valence-corrected chi connectivity index (χ3v) is 3.14.